The van der Waals surface area contributed by atoms with E-state index >= 15 is 0 Å². The van der Waals surface area contributed by atoms with Crippen molar-refractivity contribution in [2.75, 3.05) is 5.32 Å². The third-order valence-corrected chi connectivity index (χ3v) is 3.00. The Hall–Kier alpha value is -2.04. The minimum absolute atomic E-state index is 0.0778. The average Bonchev–Trinajstić information content (AvgIpc) is 2.31. The molecular formula is C16H23NO4. The summed E-state index contributed by atoms with van der Waals surface area (Å²) in [6, 6.07) is 5.35. The summed E-state index contributed by atoms with van der Waals surface area (Å²) in [4.78, 5) is 22.9. The van der Waals surface area contributed by atoms with Crippen LogP contribution in [0.1, 0.15) is 39.7 Å². The first-order valence-electron chi connectivity index (χ1n) is 6.92. The van der Waals surface area contributed by atoms with Gasteiger partial charge in [-0.1, -0.05) is 0 Å². The van der Waals surface area contributed by atoms with Crippen molar-refractivity contribution >= 4 is 17.6 Å². The number of nitrogens with one attached hydrogen (secondary N) is 1. The van der Waals surface area contributed by atoms with Gasteiger partial charge in [0.25, 0.3) is 0 Å². The number of rotatable bonds is 6. The van der Waals surface area contributed by atoms with Gasteiger partial charge in [-0.2, -0.15) is 0 Å². The number of carboxylic acid groups (broad SMARTS) is 1. The highest BCUT2D eigenvalue weighted by Gasteiger charge is 2.30. The molecule has 5 heteroatoms. The molecule has 0 unspecified atom stereocenters. The molecule has 0 aliphatic heterocycles. The molecule has 0 fully saturated rings. The Morgan fingerprint density at radius 1 is 1.33 bits per heavy atom. The van der Waals surface area contributed by atoms with Crippen LogP contribution in [-0.2, 0) is 9.59 Å². The van der Waals surface area contributed by atoms with Crippen LogP contribution in [0.2, 0.25) is 0 Å². The van der Waals surface area contributed by atoms with Crippen molar-refractivity contribution in [3.63, 3.8) is 0 Å². The van der Waals surface area contributed by atoms with E-state index in [0.717, 1.165) is 11.3 Å². The van der Waals surface area contributed by atoms with Crippen molar-refractivity contribution in [2.45, 2.75) is 47.1 Å². The second-order valence-corrected chi connectivity index (χ2v) is 6.06. The zero-order valence-electron chi connectivity index (χ0n) is 13.2. The lowest BCUT2D eigenvalue weighted by Gasteiger charge is -2.18. The summed E-state index contributed by atoms with van der Waals surface area (Å²) in [5.74, 6) is -0.539. The van der Waals surface area contributed by atoms with Crippen LogP contribution in [0.4, 0.5) is 5.69 Å². The number of hydrogen-bond donors (Lipinski definition) is 2. The van der Waals surface area contributed by atoms with Crippen molar-refractivity contribution in [1.82, 2.24) is 0 Å². The predicted octanol–water partition coefficient (Wildman–Crippen LogP) is 3.22. The molecule has 0 aliphatic carbocycles. The monoisotopic (exact) mass is 293 g/mol. The van der Waals surface area contributed by atoms with Gasteiger partial charge < -0.3 is 15.2 Å². The Bertz CT molecular complexity index is 535. The van der Waals surface area contributed by atoms with E-state index in [2.05, 4.69) is 5.32 Å². The molecule has 0 saturated heterocycles. The summed E-state index contributed by atoms with van der Waals surface area (Å²) in [6.45, 7) is 8.85. The first kappa shape index (κ1) is 17.0. The molecular weight excluding hydrogens is 270 g/mol. The molecule has 0 aliphatic rings. The fourth-order valence-electron chi connectivity index (χ4n) is 1.80. The van der Waals surface area contributed by atoms with Crippen LogP contribution >= 0.6 is 0 Å². The number of carboxylic acids is 1. The van der Waals surface area contributed by atoms with E-state index in [-0.39, 0.29) is 18.4 Å². The van der Waals surface area contributed by atoms with Gasteiger partial charge in [0, 0.05) is 12.1 Å². The highest BCUT2D eigenvalue weighted by Crippen LogP contribution is 2.25. The quantitative estimate of drug-likeness (QED) is 0.844. The van der Waals surface area contributed by atoms with Crippen molar-refractivity contribution in [2.24, 2.45) is 5.41 Å². The molecule has 1 amide bonds. The van der Waals surface area contributed by atoms with Crippen LogP contribution in [-0.4, -0.2) is 23.1 Å². The molecule has 0 heterocycles. The molecule has 2 N–H and O–H groups in total. The van der Waals surface area contributed by atoms with Crippen molar-refractivity contribution < 1.29 is 19.4 Å². The lowest BCUT2D eigenvalue weighted by atomic mass is 9.89. The fraction of sp³-hybridized carbons (Fsp3) is 0.500. The Labute approximate surface area is 125 Å². The number of amides is 1. The van der Waals surface area contributed by atoms with Gasteiger partial charge >= 0.3 is 5.97 Å². The topological polar surface area (TPSA) is 75.6 Å². The maximum atomic E-state index is 11.9. The molecule has 0 radical (unpaired) electrons. The second kappa shape index (κ2) is 6.61. The van der Waals surface area contributed by atoms with Crippen LogP contribution in [0.3, 0.4) is 0 Å². The van der Waals surface area contributed by atoms with Crippen LogP contribution in [0.15, 0.2) is 18.2 Å². The highest BCUT2D eigenvalue weighted by atomic mass is 16.5. The number of benzene rings is 1. The first-order valence-corrected chi connectivity index (χ1v) is 6.92. The maximum absolute atomic E-state index is 11.9. The maximum Gasteiger partial charge on any atom is 0.309 e. The molecule has 1 rings (SSSR count). The SMILES string of the molecule is Cc1cc(NC(=O)CC(C)(C)C(=O)O)ccc1OC(C)C. The van der Waals surface area contributed by atoms with Crippen LogP contribution in [0.5, 0.6) is 5.75 Å². The number of carbonyl (C=O) groups excluding carboxylic acids is 1. The van der Waals surface area contributed by atoms with Crippen LogP contribution in [0, 0.1) is 12.3 Å². The Balaban J connectivity index is 2.74. The molecule has 1 aromatic rings. The van der Waals surface area contributed by atoms with Crippen molar-refractivity contribution in [1.29, 1.82) is 0 Å². The van der Waals surface area contributed by atoms with Gasteiger partial charge in [-0.15, -0.1) is 0 Å². The van der Waals surface area contributed by atoms with Gasteiger partial charge in [0.1, 0.15) is 5.75 Å². The van der Waals surface area contributed by atoms with E-state index in [9.17, 15) is 9.59 Å². The zero-order chi connectivity index (χ0) is 16.2. The van der Waals surface area contributed by atoms with Crippen molar-refractivity contribution in [3.05, 3.63) is 23.8 Å². The van der Waals surface area contributed by atoms with Crippen LogP contribution in [0.25, 0.3) is 0 Å². The normalized spacial score (nSPS) is 11.3. The number of aliphatic carboxylic acids is 1. The summed E-state index contributed by atoms with van der Waals surface area (Å²) < 4.78 is 5.63. The Morgan fingerprint density at radius 2 is 1.95 bits per heavy atom. The summed E-state index contributed by atoms with van der Waals surface area (Å²) >= 11 is 0. The highest BCUT2D eigenvalue weighted by molar-refractivity contribution is 5.94. The average molecular weight is 293 g/mol. The standard InChI is InChI=1S/C16H23NO4/c1-10(2)21-13-7-6-12(8-11(13)3)17-14(18)9-16(4,5)15(19)20/h6-8,10H,9H2,1-5H3,(H,17,18)(H,19,20). The molecule has 0 saturated carbocycles. The second-order valence-electron chi connectivity index (χ2n) is 6.06. The van der Waals surface area contributed by atoms with Gasteiger partial charge in [-0.05, 0) is 58.4 Å². The zero-order valence-corrected chi connectivity index (χ0v) is 13.2. The molecule has 0 bridgehead atoms. The summed E-state index contributed by atoms with van der Waals surface area (Å²) in [5, 5.41) is 11.7. The van der Waals surface area contributed by atoms with Gasteiger partial charge in [-0.25, -0.2) is 0 Å². The number of anilines is 1. The molecule has 0 aromatic heterocycles. The van der Waals surface area contributed by atoms with E-state index in [1.165, 1.54) is 13.8 Å². The van der Waals surface area contributed by atoms with Gasteiger partial charge in [-0.3, -0.25) is 9.59 Å². The number of hydrogen-bond acceptors (Lipinski definition) is 3. The van der Waals surface area contributed by atoms with Crippen molar-refractivity contribution in [3.8, 4) is 5.75 Å². The number of carbonyl (C=O) groups is 2. The molecule has 5 nitrogen and oxygen atoms in total. The number of aryl methyl sites for hydroxylation is 1. The fourth-order valence-corrected chi connectivity index (χ4v) is 1.80. The molecule has 1 aromatic carbocycles. The molecule has 0 spiro atoms. The largest absolute Gasteiger partial charge is 0.491 e. The molecule has 0 atom stereocenters. The predicted molar refractivity (Wildman–Crippen MR) is 81.6 cm³/mol. The number of ether oxygens (including phenoxy) is 1. The minimum atomic E-state index is -1.08. The van der Waals surface area contributed by atoms with E-state index in [0.29, 0.717) is 5.69 Å². The summed E-state index contributed by atoms with van der Waals surface area (Å²) in [6.07, 6.45) is 0.00605. The van der Waals surface area contributed by atoms with Crippen LogP contribution < -0.4 is 10.1 Å². The Kier molecular flexibility index (Phi) is 5.35. The van der Waals surface area contributed by atoms with E-state index in [4.69, 9.17) is 9.84 Å². The first-order chi connectivity index (χ1) is 9.61. The van der Waals surface area contributed by atoms with Gasteiger partial charge in [0.05, 0.1) is 11.5 Å². The summed E-state index contributed by atoms with van der Waals surface area (Å²) in [7, 11) is 0. The van der Waals surface area contributed by atoms with Gasteiger partial charge in [0.15, 0.2) is 0 Å². The van der Waals surface area contributed by atoms with E-state index < -0.39 is 11.4 Å². The third kappa shape index (κ3) is 5.10. The lowest BCUT2D eigenvalue weighted by molar-refractivity contribution is -0.148. The summed E-state index contributed by atoms with van der Waals surface area (Å²) in [5.41, 5.74) is 0.466. The minimum Gasteiger partial charge on any atom is -0.491 e. The lowest BCUT2D eigenvalue weighted by Crippen LogP contribution is -2.29. The van der Waals surface area contributed by atoms with Gasteiger partial charge in [0.2, 0.25) is 5.91 Å². The van der Waals surface area contributed by atoms with E-state index in [1.54, 1.807) is 12.1 Å². The smallest absolute Gasteiger partial charge is 0.309 e. The molecule has 116 valence electrons. The van der Waals surface area contributed by atoms with E-state index in [1.807, 2.05) is 26.8 Å². The Morgan fingerprint density at radius 3 is 2.43 bits per heavy atom. The third-order valence-electron chi connectivity index (χ3n) is 3.00. The molecule has 21 heavy (non-hydrogen) atoms.